The van der Waals surface area contributed by atoms with Gasteiger partial charge in [0.05, 0.1) is 7.11 Å². The molecule has 1 heterocycles. The fourth-order valence-electron chi connectivity index (χ4n) is 3.46. The zero-order valence-corrected chi connectivity index (χ0v) is 17.2. The summed E-state index contributed by atoms with van der Waals surface area (Å²) < 4.78 is 10.1. The maximum Gasteiger partial charge on any atom is 0.308 e. The Morgan fingerprint density at radius 3 is 2.33 bits per heavy atom. The minimum Gasteiger partial charge on any atom is -0.497 e. The number of carbonyl (C=O) groups excluding carboxylic acids is 3. The summed E-state index contributed by atoms with van der Waals surface area (Å²) in [4.78, 5) is 38.0. The molecule has 2 aromatic rings. The van der Waals surface area contributed by atoms with E-state index in [2.05, 4.69) is 5.32 Å². The molecule has 0 unspecified atom stereocenters. The van der Waals surface area contributed by atoms with Crippen molar-refractivity contribution in [2.24, 2.45) is 5.92 Å². The molecule has 1 fully saturated rings. The van der Waals surface area contributed by atoms with Gasteiger partial charge in [-0.15, -0.1) is 0 Å². The predicted octanol–water partition coefficient (Wildman–Crippen LogP) is 2.90. The van der Waals surface area contributed by atoms with E-state index in [1.54, 1.807) is 55.6 Å². The third-order valence-corrected chi connectivity index (χ3v) is 5.15. The summed E-state index contributed by atoms with van der Waals surface area (Å²) in [6.45, 7) is 3.18. The number of amides is 2. The molecule has 0 spiro atoms. The van der Waals surface area contributed by atoms with E-state index in [4.69, 9.17) is 9.47 Å². The second-order valence-electron chi connectivity index (χ2n) is 7.30. The van der Waals surface area contributed by atoms with E-state index in [0.717, 1.165) is 18.6 Å². The van der Waals surface area contributed by atoms with Crippen molar-refractivity contribution in [2.75, 3.05) is 26.7 Å². The van der Waals surface area contributed by atoms with Gasteiger partial charge in [-0.3, -0.25) is 14.4 Å². The first-order valence-electron chi connectivity index (χ1n) is 9.96. The van der Waals surface area contributed by atoms with E-state index >= 15 is 0 Å². The number of piperidine rings is 1. The molecule has 1 saturated heterocycles. The lowest BCUT2D eigenvalue weighted by atomic mass is 9.96. The topological polar surface area (TPSA) is 84.9 Å². The van der Waals surface area contributed by atoms with Crippen LogP contribution in [0.4, 0.5) is 0 Å². The summed E-state index contributed by atoms with van der Waals surface area (Å²) >= 11 is 0. The van der Waals surface area contributed by atoms with Gasteiger partial charge in [0, 0.05) is 37.7 Å². The van der Waals surface area contributed by atoms with E-state index in [0.29, 0.717) is 42.4 Å². The second-order valence-corrected chi connectivity index (χ2v) is 7.30. The van der Waals surface area contributed by atoms with Crippen molar-refractivity contribution in [3.05, 3.63) is 59.7 Å². The number of benzene rings is 2. The minimum atomic E-state index is -0.427. The van der Waals surface area contributed by atoms with E-state index in [9.17, 15) is 14.4 Å². The molecule has 2 aromatic carbocycles. The highest BCUT2D eigenvalue weighted by atomic mass is 16.5. The summed E-state index contributed by atoms with van der Waals surface area (Å²) in [7, 11) is 1.59. The smallest absolute Gasteiger partial charge is 0.308 e. The van der Waals surface area contributed by atoms with Crippen molar-refractivity contribution in [2.45, 2.75) is 19.8 Å². The number of carbonyl (C=O) groups is 3. The van der Waals surface area contributed by atoms with Crippen molar-refractivity contribution in [3.8, 4) is 11.5 Å². The summed E-state index contributed by atoms with van der Waals surface area (Å²) in [6.07, 6.45) is 1.66. The van der Waals surface area contributed by atoms with Crippen LogP contribution >= 0.6 is 0 Å². The lowest BCUT2D eigenvalue weighted by molar-refractivity contribution is -0.131. The normalized spacial score (nSPS) is 14.1. The summed E-state index contributed by atoms with van der Waals surface area (Å²) in [5.41, 5.74) is 1.09. The SMILES string of the molecule is COc1ccc(C(=O)N2CCC(CNC(=O)c3cccc(OC(C)=O)c3)CC2)cc1. The molecule has 0 bridgehead atoms. The number of esters is 1. The Morgan fingerprint density at radius 2 is 1.70 bits per heavy atom. The summed E-state index contributed by atoms with van der Waals surface area (Å²) in [5, 5.41) is 2.94. The summed E-state index contributed by atoms with van der Waals surface area (Å²) in [5.74, 6) is 0.761. The first-order chi connectivity index (χ1) is 14.5. The van der Waals surface area contributed by atoms with Crippen molar-refractivity contribution in [1.29, 1.82) is 0 Å². The Kier molecular flexibility index (Phi) is 7.06. The maximum atomic E-state index is 12.6. The van der Waals surface area contributed by atoms with Gasteiger partial charge in [-0.2, -0.15) is 0 Å². The highest BCUT2D eigenvalue weighted by Crippen LogP contribution is 2.20. The van der Waals surface area contributed by atoms with Crippen LogP contribution in [0.15, 0.2) is 48.5 Å². The van der Waals surface area contributed by atoms with Gasteiger partial charge in [-0.05, 0) is 61.2 Å². The monoisotopic (exact) mass is 410 g/mol. The minimum absolute atomic E-state index is 0.0161. The number of hydrogen-bond acceptors (Lipinski definition) is 5. The molecule has 0 atom stereocenters. The van der Waals surface area contributed by atoms with Crippen molar-refractivity contribution < 1.29 is 23.9 Å². The second kappa shape index (κ2) is 9.91. The van der Waals surface area contributed by atoms with E-state index in [1.165, 1.54) is 6.92 Å². The molecule has 1 N–H and O–H groups in total. The van der Waals surface area contributed by atoms with Gasteiger partial charge in [0.2, 0.25) is 0 Å². The molecule has 1 aliphatic rings. The van der Waals surface area contributed by atoms with Crippen LogP contribution in [0.25, 0.3) is 0 Å². The van der Waals surface area contributed by atoms with Crippen molar-refractivity contribution in [3.63, 3.8) is 0 Å². The highest BCUT2D eigenvalue weighted by molar-refractivity contribution is 5.95. The van der Waals surface area contributed by atoms with Gasteiger partial charge in [0.25, 0.3) is 11.8 Å². The molecule has 0 saturated carbocycles. The number of methoxy groups -OCH3 is 1. The van der Waals surface area contributed by atoms with Crippen LogP contribution in [0.2, 0.25) is 0 Å². The lowest BCUT2D eigenvalue weighted by Gasteiger charge is -2.32. The molecule has 158 valence electrons. The van der Waals surface area contributed by atoms with Crippen LogP contribution in [0.3, 0.4) is 0 Å². The van der Waals surface area contributed by atoms with Gasteiger partial charge < -0.3 is 19.7 Å². The van der Waals surface area contributed by atoms with Crippen LogP contribution in [-0.4, -0.2) is 49.4 Å². The van der Waals surface area contributed by atoms with E-state index < -0.39 is 5.97 Å². The molecule has 1 aliphatic heterocycles. The zero-order chi connectivity index (χ0) is 21.5. The average molecular weight is 410 g/mol. The van der Waals surface area contributed by atoms with Crippen molar-refractivity contribution in [1.82, 2.24) is 10.2 Å². The number of likely N-dealkylation sites (tertiary alicyclic amines) is 1. The predicted molar refractivity (Wildman–Crippen MR) is 112 cm³/mol. The zero-order valence-electron chi connectivity index (χ0n) is 17.2. The molecule has 30 heavy (non-hydrogen) atoms. The van der Waals surface area contributed by atoms with Gasteiger partial charge in [0.15, 0.2) is 0 Å². The van der Waals surface area contributed by atoms with Crippen LogP contribution < -0.4 is 14.8 Å². The van der Waals surface area contributed by atoms with Gasteiger partial charge >= 0.3 is 5.97 Å². The molecule has 0 aromatic heterocycles. The Hall–Kier alpha value is -3.35. The molecule has 3 rings (SSSR count). The lowest BCUT2D eigenvalue weighted by Crippen LogP contribution is -2.41. The Labute approximate surface area is 176 Å². The largest absolute Gasteiger partial charge is 0.497 e. The average Bonchev–Trinajstić information content (AvgIpc) is 2.77. The Bertz CT molecular complexity index is 902. The van der Waals surface area contributed by atoms with Crippen molar-refractivity contribution >= 4 is 17.8 Å². The van der Waals surface area contributed by atoms with E-state index in [1.807, 2.05) is 4.90 Å². The Balaban J connectivity index is 1.47. The number of nitrogens with zero attached hydrogens (tertiary/aromatic N) is 1. The molecule has 7 nitrogen and oxygen atoms in total. The standard InChI is InChI=1S/C23H26N2O5/c1-16(26)30-21-5-3-4-19(14-21)22(27)24-15-17-10-12-25(13-11-17)23(28)18-6-8-20(29-2)9-7-18/h3-9,14,17H,10-13,15H2,1-2H3,(H,24,27). The van der Waals surface area contributed by atoms with Gasteiger partial charge in [0.1, 0.15) is 11.5 Å². The molecule has 2 amide bonds. The number of hydrogen-bond donors (Lipinski definition) is 1. The van der Waals surface area contributed by atoms with E-state index in [-0.39, 0.29) is 11.8 Å². The third-order valence-electron chi connectivity index (χ3n) is 5.15. The third kappa shape index (κ3) is 5.59. The first-order valence-corrected chi connectivity index (χ1v) is 9.96. The maximum absolute atomic E-state index is 12.6. The van der Waals surface area contributed by atoms with Crippen LogP contribution in [0.5, 0.6) is 11.5 Å². The quantitative estimate of drug-likeness (QED) is 0.585. The molecule has 0 radical (unpaired) electrons. The Morgan fingerprint density at radius 1 is 1.00 bits per heavy atom. The molecular formula is C23H26N2O5. The fraction of sp³-hybridized carbons (Fsp3) is 0.348. The van der Waals surface area contributed by atoms with Gasteiger partial charge in [-0.25, -0.2) is 0 Å². The van der Waals surface area contributed by atoms with Crippen LogP contribution in [0.1, 0.15) is 40.5 Å². The fourth-order valence-corrected chi connectivity index (χ4v) is 3.46. The highest BCUT2D eigenvalue weighted by Gasteiger charge is 2.24. The van der Waals surface area contributed by atoms with Gasteiger partial charge in [-0.1, -0.05) is 6.07 Å². The number of rotatable bonds is 6. The molecular weight excluding hydrogens is 384 g/mol. The van der Waals surface area contributed by atoms with Crippen LogP contribution in [0, 0.1) is 5.92 Å². The molecule has 7 heteroatoms. The van der Waals surface area contributed by atoms with Crippen LogP contribution in [-0.2, 0) is 4.79 Å². The number of ether oxygens (including phenoxy) is 2. The molecule has 0 aliphatic carbocycles. The summed E-state index contributed by atoms with van der Waals surface area (Å²) in [6, 6.07) is 13.7. The first kappa shape index (κ1) is 21.4. The number of nitrogens with one attached hydrogen (secondary N) is 1.